The van der Waals surface area contributed by atoms with Crippen LogP contribution in [0.25, 0.3) is 0 Å². The molecule has 4 nitrogen and oxygen atoms in total. The fraction of sp³-hybridized carbons (Fsp3) is 0.467. The average Bonchev–Trinajstić information content (AvgIpc) is 3.13. The fourth-order valence-corrected chi connectivity index (χ4v) is 2.85. The molecule has 0 bridgehead atoms. The molecule has 19 heavy (non-hydrogen) atoms. The summed E-state index contributed by atoms with van der Waals surface area (Å²) in [6.07, 6.45) is 1.31. The van der Waals surface area contributed by atoms with Crippen molar-refractivity contribution in [2.24, 2.45) is 11.8 Å². The molecule has 3 rings (SSSR count). The third-order valence-corrected chi connectivity index (χ3v) is 4.24. The number of carbonyl (C=O) groups is 2. The standard InChI is InChI=1S/C15H17NO3/c1-9-6-12(9)14(17)16-8-11-5-3-2-4-10(11)7-13(16)15(18)19/h2-5,9,12-13H,6-8H2,1H3,(H,18,19)/t9?,12?,13-/m0/s1. The van der Waals surface area contributed by atoms with Crippen LogP contribution in [-0.2, 0) is 22.6 Å². The summed E-state index contributed by atoms with van der Waals surface area (Å²) in [5, 5.41) is 9.36. The molecule has 0 aromatic heterocycles. The van der Waals surface area contributed by atoms with E-state index >= 15 is 0 Å². The molecular formula is C15H17NO3. The molecule has 3 atom stereocenters. The molecule has 1 aliphatic heterocycles. The normalized spacial score (nSPS) is 28.7. The van der Waals surface area contributed by atoms with Gasteiger partial charge in [0.2, 0.25) is 5.91 Å². The van der Waals surface area contributed by atoms with Crippen LogP contribution in [0.4, 0.5) is 0 Å². The number of hydrogen-bond acceptors (Lipinski definition) is 2. The first-order valence-corrected chi connectivity index (χ1v) is 6.68. The van der Waals surface area contributed by atoms with Gasteiger partial charge >= 0.3 is 5.97 Å². The Hall–Kier alpha value is -1.84. The summed E-state index contributed by atoms with van der Waals surface area (Å²) in [6, 6.07) is 7.06. The van der Waals surface area contributed by atoms with E-state index in [1.807, 2.05) is 31.2 Å². The number of carboxylic acids is 1. The maximum absolute atomic E-state index is 12.4. The van der Waals surface area contributed by atoms with Crippen molar-refractivity contribution in [1.29, 1.82) is 0 Å². The molecule has 100 valence electrons. The van der Waals surface area contributed by atoms with Crippen LogP contribution in [0.3, 0.4) is 0 Å². The lowest BCUT2D eigenvalue weighted by Crippen LogP contribution is -2.49. The summed E-state index contributed by atoms with van der Waals surface area (Å²) < 4.78 is 0. The topological polar surface area (TPSA) is 57.6 Å². The second kappa shape index (κ2) is 4.37. The first-order chi connectivity index (χ1) is 9.08. The molecular weight excluding hydrogens is 242 g/mol. The van der Waals surface area contributed by atoms with Crippen LogP contribution in [0, 0.1) is 11.8 Å². The highest BCUT2D eigenvalue weighted by molar-refractivity contribution is 5.87. The van der Waals surface area contributed by atoms with E-state index in [9.17, 15) is 14.7 Å². The van der Waals surface area contributed by atoms with Crippen molar-refractivity contribution >= 4 is 11.9 Å². The molecule has 1 saturated carbocycles. The van der Waals surface area contributed by atoms with Gasteiger partial charge < -0.3 is 10.0 Å². The predicted octanol–water partition coefficient (Wildman–Crippen LogP) is 1.68. The van der Waals surface area contributed by atoms with Gasteiger partial charge in [0.1, 0.15) is 6.04 Å². The van der Waals surface area contributed by atoms with E-state index < -0.39 is 12.0 Å². The molecule has 1 heterocycles. The number of carbonyl (C=O) groups excluding carboxylic acids is 1. The van der Waals surface area contributed by atoms with Crippen LogP contribution < -0.4 is 0 Å². The number of benzene rings is 1. The Labute approximate surface area is 112 Å². The van der Waals surface area contributed by atoms with Crippen molar-refractivity contribution in [2.45, 2.75) is 32.4 Å². The molecule has 1 amide bonds. The molecule has 2 aliphatic rings. The number of carboxylic acid groups (broad SMARTS) is 1. The smallest absolute Gasteiger partial charge is 0.326 e. The van der Waals surface area contributed by atoms with Crippen LogP contribution in [0.2, 0.25) is 0 Å². The Morgan fingerprint density at radius 1 is 1.26 bits per heavy atom. The van der Waals surface area contributed by atoms with E-state index in [0.717, 1.165) is 17.5 Å². The summed E-state index contributed by atoms with van der Waals surface area (Å²) in [4.78, 5) is 25.3. The van der Waals surface area contributed by atoms with E-state index in [1.54, 1.807) is 4.90 Å². The van der Waals surface area contributed by atoms with Gasteiger partial charge in [0.15, 0.2) is 0 Å². The molecule has 2 unspecified atom stereocenters. The van der Waals surface area contributed by atoms with Crippen molar-refractivity contribution in [2.75, 3.05) is 0 Å². The lowest BCUT2D eigenvalue weighted by molar-refractivity contribution is -0.152. The Morgan fingerprint density at radius 3 is 2.47 bits per heavy atom. The zero-order chi connectivity index (χ0) is 13.6. The van der Waals surface area contributed by atoms with Crippen molar-refractivity contribution in [3.63, 3.8) is 0 Å². The molecule has 0 spiro atoms. The van der Waals surface area contributed by atoms with Crippen molar-refractivity contribution in [1.82, 2.24) is 4.90 Å². The lowest BCUT2D eigenvalue weighted by Gasteiger charge is -2.34. The van der Waals surface area contributed by atoms with E-state index in [4.69, 9.17) is 0 Å². The second-order valence-corrected chi connectivity index (χ2v) is 5.61. The first-order valence-electron chi connectivity index (χ1n) is 6.68. The zero-order valence-corrected chi connectivity index (χ0v) is 10.9. The van der Waals surface area contributed by atoms with Crippen LogP contribution in [-0.4, -0.2) is 27.9 Å². The van der Waals surface area contributed by atoms with E-state index in [0.29, 0.717) is 18.9 Å². The maximum atomic E-state index is 12.4. The number of fused-ring (bicyclic) bond motifs is 1. The lowest BCUT2D eigenvalue weighted by atomic mass is 9.93. The van der Waals surface area contributed by atoms with Crippen LogP contribution >= 0.6 is 0 Å². The van der Waals surface area contributed by atoms with Crippen LogP contribution in [0.5, 0.6) is 0 Å². The Balaban J connectivity index is 1.89. The van der Waals surface area contributed by atoms with Crippen molar-refractivity contribution in [3.05, 3.63) is 35.4 Å². The van der Waals surface area contributed by atoms with Gasteiger partial charge in [-0.2, -0.15) is 0 Å². The van der Waals surface area contributed by atoms with Gasteiger partial charge in [-0.25, -0.2) is 4.79 Å². The van der Waals surface area contributed by atoms with Crippen molar-refractivity contribution in [3.8, 4) is 0 Å². The van der Waals surface area contributed by atoms with Gasteiger partial charge in [0, 0.05) is 18.9 Å². The highest BCUT2D eigenvalue weighted by Gasteiger charge is 2.45. The highest BCUT2D eigenvalue weighted by atomic mass is 16.4. The molecule has 1 N–H and O–H groups in total. The van der Waals surface area contributed by atoms with Crippen molar-refractivity contribution < 1.29 is 14.7 Å². The highest BCUT2D eigenvalue weighted by Crippen LogP contribution is 2.40. The summed E-state index contributed by atoms with van der Waals surface area (Å²) in [6.45, 7) is 2.46. The molecule has 0 radical (unpaired) electrons. The minimum absolute atomic E-state index is 0.00871. The number of hydrogen-bond donors (Lipinski definition) is 1. The number of nitrogens with zero attached hydrogens (tertiary/aromatic N) is 1. The Kier molecular flexibility index (Phi) is 2.81. The third-order valence-electron chi connectivity index (χ3n) is 4.24. The second-order valence-electron chi connectivity index (χ2n) is 5.61. The first kappa shape index (κ1) is 12.2. The summed E-state index contributed by atoms with van der Waals surface area (Å²) in [5.74, 6) is -0.461. The van der Waals surface area contributed by atoms with Gasteiger partial charge in [-0.1, -0.05) is 31.2 Å². The summed E-state index contributed by atoms with van der Waals surface area (Å²) in [7, 11) is 0. The fourth-order valence-electron chi connectivity index (χ4n) is 2.85. The molecule has 0 saturated heterocycles. The predicted molar refractivity (Wildman–Crippen MR) is 69.4 cm³/mol. The van der Waals surface area contributed by atoms with Crippen LogP contribution in [0.15, 0.2) is 24.3 Å². The van der Waals surface area contributed by atoms with Gasteiger partial charge in [-0.3, -0.25) is 4.79 Å². The Morgan fingerprint density at radius 2 is 1.89 bits per heavy atom. The Bertz CT molecular complexity index is 540. The van der Waals surface area contributed by atoms with Crippen LogP contribution in [0.1, 0.15) is 24.5 Å². The van der Waals surface area contributed by atoms with E-state index in [2.05, 4.69) is 0 Å². The molecule has 1 aromatic rings. The van der Waals surface area contributed by atoms with E-state index in [-0.39, 0.29) is 11.8 Å². The van der Waals surface area contributed by atoms with Gasteiger partial charge in [0.25, 0.3) is 0 Å². The maximum Gasteiger partial charge on any atom is 0.326 e. The van der Waals surface area contributed by atoms with Gasteiger partial charge in [0.05, 0.1) is 0 Å². The SMILES string of the molecule is CC1CC1C(=O)N1Cc2ccccc2C[C@H]1C(=O)O. The minimum atomic E-state index is -0.906. The zero-order valence-electron chi connectivity index (χ0n) is 10.9. The molecule has 1 aromatic carbocycles. The monoisotopic (exact) mass is 259 g/mol. The third kappa shape index (κ3) is 2.11. The quantitative estimate of drug-likeness (QED) is 0.879. The van der Waals surface area contributed by atoms with Gasteiger partial charge in [-0.05, 0) is 23.5 Å². The number of aliphatic carboxylic acids is 1. The summed E-state index contributed by atoms with van der Waals surface area (Å²) in [5.41, 5.74) is 2.12. The largest absolute Gasteiger partial charge is 0.480 e. The minimum Gasteiger partial charge on any atom is -0.480 e. The number of amides is 1. The van der Waals surface area contributed by atoms with Gasteiger partial charge in [-0.15, -0.1) is 0 Å². The number of rotatable bonds is 2. The molecule has 1 aliphatic carbocycles. The summed E-state index contributed by atoms with van der Waals surface area (Å²) >= 11 is 0. The van der Waals surface area contributed by atoms with E-state index in [1.165, 1.54) is 0 Å². The molecule has 1 fully saturated rings. The molecule has 4 heteroatoms. The average molecular weight is 259 g/mol.